The van der Waals surface area contributed by atoms with E-state index in [4.69, 9.17) is 4.74 Å². The fourth-order valence-electron chi connectivity index (χ4n) is 2.85. The van der Waals surface area contributed by atoms with Gasteiger partial charge in [-0.25, -0.2) is 4.98 Å². The van der Waals surface area contributed by atoms with Gasteiger partial charge in [-0.3, -0.25) is 4.79 Å². The van der Waals surface area contributed by atoms with Crippen molar-refractivity contribution in [1.82, 2.24) is 10.3 Å². The molecule has 26 heavy (non-hydrogen) atoms. The van der Waals surface area contributed by atoms with Gasteiger partial charge < -0.3 is 10.1 Å². The van der Waals surface area contributed by atoms with Crippen molar-refractivity contribution < 1.29 is 9.53 Å². The van der Waals surface area contributed by atoms with Crippen molar-refractivity contribution in [3.05, 3.63) is 58.9 Å². The Morgan fingerprint density at radius 1 is 1.23 bits per heavy atom. The van der Waals surface area contributed by atoms with E-state index in [2.05, 4.69) is 40.7 Å². The van der Waals surface area contributed by atoms with Crippen LogP contribution in [0.15, 0.2) is 36.5 Å². The Balaban J connectivity index is 1.88. The van der Waals surface area contributed by atoms with E-state index in [1.807, 2.05) is 35.7 Å². The van der Waals surface area contributed by atoms with Crippen LogP contribution in [0.5, 0.6) is 5.75 Å². The van der Waals surface area contributed by atoms with Crippen molar-refractivity contribution in [3.63, 3.8) is 0 Å². The van der Waals surface area contributed by atoms with E-state index < -0.39 is 0 Å². The lowest BCUT2D eigenvalue weighted by Crippen LogP contribution is -2.26. The third-order valence-electron chi connectivity index (χ3n) is 4.33. The molecule has 2 aromatic rings. The van der Waals surface area contributed by atoms with Crippen molar-refractivity contribution in [1.29, 1.82) is 0 Å². The Morgan fingerprint density at radius 3 is 2.69 bits per heavy atom. The number of hydrogen-bond acceptors (Lipinski definition) is 5. The average Bonchev–Trinajstić information content (AvgIpc) is 2.71. The normalized spacial score (nSPS) is 14.4. The monoisotopic (exact) mass is 384 g/mol. The first-order valence-electron chi connectivity index (χ1n) is 8.19. The summed E-state index contributed by atoms with van der Waals surface area (Å²) in [7, 11) is 1.60. The first-order valence-corrected chi connectivity index (χ1v) is 10.6. The van der Waals surface area contributed by atoms with Gasteiger partial charge in [-0.1, -0.05) is 5.92 Å². The van der Waals surface area contributed by atoms with Crippen LogP contribution in [-0.4, -0.2) is 37.1 Å². The van der Waals surface area contributed by atoms with Crippen LogP contribution < -0.4 is 10.1 Å². The van der Waals surface area contributed by atoms with Crippen LogP contribution in [-0.2, 0) is 4.08 Å². The summed E-state index contributed by atoms with van der Waals surface area (Å²) in [5.74, 6) is 7.03. The molecule has 6 heteroatoms. The van der Waals surface area contributed by atoms with Gasteiger partial charge >= 0.3 is 0 Å². The zero-order valence-corrected chi connectivity index (χ0v) is 16.6. The van der Waals surface area contributed by atoms with E-state index in [1.54, 1.807) is 19.2 Å². The topological polar surface area (TPSA) is 51.2 Å². The number of aromatic nitrogens is 1. The molecule has 2 heterocycles. The smallest absolute Gasteiger partial charge is 0.252 e. The minimum atomic E-state index is -0.155. The maximum Gasteiger partial charge on any atom is 0.252 e. The summed E-state index contributed by atoms with van der Waals surface area (Å²) in [4.78, 5) is 15.8. The van der Waals surface area contributed by atoms with E-state index in [-0.39, 0.29) is 9.99 Å². The van der Waals surface area contributed by atoms with Gasteiger partial charge in [0.05, 0.1) is 16.2 Å². The number of carbonyl (C=O) groups is 1. The first-order chi connectivity index (χ1) is 12.6. The highest BCUT2D eigenvalue weighted by Crippen LogP contribution is 2.52. The van der Waals surface area contributed by atoms with Gasteiger partial charge in [-0.15, -0.1) is 23.5 Å². The molecule has 0 saturated carbocycles. The summed E-state index contributed by atoms with van der Waals surface area (Å²) in [6.07, 6.45) is 6.79. The minimum absolute atomic E-state index is 0.0126. The molecule has 134 valence electrons. The Morgan fingerprint density at radius 2 is 2.04 bits per heavy atom. The van der Waals surface area contributed by atoms with Crippen molar-refractivity contribution in [3.8, 4) is 17.6 Å². The molecular formula is C20H20N2O2S2. The lowest BCUT2D eigenvalue weighted by Gasteiger charge is -2.36. The Kier molecular flexibility index (Phi) is 5.80. The number of fused-ring (bicyclic) bond motifs is 1. The molecule has 0 spiro atoms. The van der Waals surface area contributed by atoms with Crippen LogP contribution >= 0.6 is 23.5 Å². The number of hydrogen-bond donors (Lipinski definition) is 1. The number of thioether (sulfide) groups is 2. The summed E-state index contributed by atoms with van der Waals surface area (Å²) < 4.78 is 5.83. The second-order valence-electron chi connectivity index (χ2n) is 5.73. The molecule has 1 aromatic carbocycles. The molecule has 1 aromatic heterocycles. The van der Waals surface area contributed by atoms with Gasteiger partial charge in [0.25, 0.3) is 5.91 Å². The van der Waals surface area contributed by atoms with Gasteiger partial charge in [0.1, 0.15) is 11.4 Å². The van der Waals surface area contributed by atoms with Gasteiger partial charge in [0.2, 0.25) is 0 Å². The highest BCUT2D eigenvalue weighted by Gasteiger charge is 2.36. The van der Waals surface area contributed by atoms with Crippen molar-refractivity contribution >= 4 is 29.4 Å². The molecule has 1 amide bonds. The van der Waals surface area contributed by atoms with E-state index in [0.29, 0.717) is 11.3 Å². The molecule has 0 aliphatic carbocycles. The highest BCUT2D eigenvalue weighted by molar-refractivity contribution is 8.16. The maximum atomic E-state index is 11.6. The second-order valence-corrected chi connectivity index (χ2v) is 8.20. The van der Waals surface area contributed by atoms with Crippen LogP contribution in [0.25, 0.3) is 0 Å². The SMILES string of the molecule is CNC(=O)c1ccc(C#Cc2ccc3c(c2)C(SC)(SC)CCO3)nc1. The Bertz CT molecular complexity index is 866. The average molecular weight is 385 g/mol. The van der Waals surface area contributed by atoms with Crippen LogP contribution in [0, 0.1) is 11.8 Å². The van der Waals surface area contributed by atoms with Crippen LogP contribution in [0.3, 0.4) is 0 Å². The number of rotatable bonds is 3. The van der Waals surface area contributed by atoms with Gasteiger partial charge in [0, 0.05) is 30.8 Å². The summed E-state index contributed by atoms with van der Waals surface area (Å²) >= 11 is 3.70. The molecule has 1 aliphatic heterocycles. The van der Waals surface area contributed by atoms with E-state index >= 15 is 0 Å². The lowest BCUT2D eigenvalue weighted by atomic mass is 10.0. The molecule has 1 aliphatic rings. The Hall–Kier alpha value is -2.10. The largest absolute Gasteiger partial charge is 0.493 e. The number of benzene rings is 1. The van der Waals surface area contributed by atoms with Gasteiger partial charge in [-0.2, -0.15) is 0 Å². The van der Waals surface area contributed by atoms with Crippen molar-refractivity contribution in [2.75, 3.05) is 26.2 Å². The first kappa shape index (κ1) is 18.7. The standard InChI is InChI=1S/C20H20N2O2S2/c1-21-19(23)15-6-8-16(22-13-15)7-4-14-5-9-18-17(12-14)20(25-2,26-3)10-11-24-18/h5-6,8-9,12-13H,10-11H2,1-3H3,(H,21,23). The molecule has 0 unspecified atom stereocenters. The fourth-order valence-corrected chi connectivity index (χ4v) is 4.85. The Labute approximate surface area is 162 Å². The third-order valence-corrected chi connectivity index (χ3v) is 7.49. The van der Waals surface area contributed by atoms with Crippen LogP contribution in [0.1, 0.15) is 33.6 Å². The summed E-state index contributed by atoms with van der Waals surface area (Å²) in [5.41, 5.74) is 3.28. The van der Waals surface area contributed by atoms with Gasteiger partial charge in [-0.05, 0) is 48.8 Å². The highest BCUT2D eigenvalue weighted by atomic mass is 32.2. The number of amides is 1. The molecular weight excluding hydrogens is 364 g/mol. The molecule has 0 bridgehead atoms. The zero-order valence-electron chi connectivity index (χ0n) is 15.0. The molecule has 3 rings (SSSR count). The number of ether oxygens (including phenoxy) is 1. The summed E-state index contributed by atoms with van der Waals surface area (Å²) in [6.45, 7) is 0.737. The predicted octanol–water partition coefficient (Wildman–Crippen LogP) is 3.50. The molecule has 0 radical (unpaired) electrons. The molecule has 4 nitrogen and oxygen atoms in total. The maximum absolute atomic E-state index is 11.6. The summed E-state index contributed by atoms with van der Waals surface area (Å²) in [5, 5.41) is 2.58. The molecule has 0 atom stereocenters. The lowest BCUT2D eigenvalue weighted by molar-refractivity contribution is 0.0962. The van der Waals surface area contributed by atoms with Crippen molar-refractivity contribution in [2.45, 2.75) is 10.5 Å². The predicted molar refractivity (Wildman–Crippen MR) is 109 cm³/mol. The van der Waals surface area contributed by atoms with E-state index in [1.165, 1.54) is 11.8 Å². The van der Waals surface area contributed by atoms with Crippen molar-refractivity contribution in [2.24, 2.45) is 0 Å². The molecule has 0 saturated heterocycles. The van der Waals surface area contributed by atoms with E-state index in [0.717, 1.165) is 24.3 Å². The fraction of sp³-hybridized carbons (Fsp3) is 0.300. The number of pyridine rings is 1. The minimum Gasteiger partial charge on any atom is -0.493 e. The van der Waals surface area contributed by atoms with Crippen LogP contribution in [0.4, 0.5) is 0 Å². The second kappa shape index (κ2) is 8.07. The van der Waals surface area contributed by atoms with E-state index in [9.17, 15) is 4.79 Å². The number of nitrogens with zero attached hydrogens (tertiary/aromatic N) is 1. The number of carbonyl (C=O) groups excluding carboxylic acids is 1. The third kappa shape index (κ3) is 3.69. The quantitative estimate of drug-likeness (QED) is 0.648. The summed E-state index contributed by atoms with van der Waals surface area (Å²) in [6, 6.07) is 9.58. The number of nitrogens with one attached hydrogen (secondary N) is 1. The van der Waals surface area contributed by atoms with Gasteiger partial charge in [0.15, 0.2) is 0 Å². The zero-order chi connectivity index (χ0) is 18.6. The molecule has 1 N–H and O–H groups in total. The molecule has 0 fully saturated rings. The van der Waals surface area contributed by atoms with Crippen LogP contribution in [0.2, 0.25) is 0 Å².